The highest BCUT2D eigenvalue weighted by atomic mass is 35.5. The van der Waals surface area contributed by atoms with Gasteiger partial charge in [-0.15, -0.1) is 22.7 Å². The molecule has 4 heterocycles. The minimum absolute atomic E-state index is 0.138. The second-order valence-corrected chi connectivity index (χ2v) is 27.5. The summed E-state index contributed by atoms with van der Waals surface area (Å²) >= 11 is 14.1. The van der Waals surface area contributed by atoms with Crippen LogP contribution in [0.2, 0.25) is 10.0 Å². The van der Waals surface area contributed by atoms with Crippen LogP contribution in [0.4, 0.5) is 0 Å². The van der Waals surface area contributed by atoms with Crippen LogP contribution in [0.1, 0.15) is 93.6 Å². The van der Waals surface area contributed by atoms with Crippen LogP contribution in [-0.4, -0.2) is 75.5 Å². The average Bonchev–Trinajstić information content (AvgIpc) is 4.15. The standard InChI is InChI=1S/C30H30ClN3O4S2.C28H34ClN3O3S2/c31-24-10-8-23(9-11-24)30(35)33-21-28-14-15-29(39-28)40(36,37)34-18-16-25(17-19-34)32-20-22-6-12-27(13-7-22)38-26-4-2-1-3-5-26;1-28(2,3)22-8-4-20(5-9-22)18-30-24-14-16-32(17-15-24)37(34,35)26-13-12-25(36-26)19-31-27(33)21-6-10-23(29)11-7-21/h1-15,25,32H,16-21H2,(H,33,35);4-13,24,30H,14-19H2,1-3H3,(H,31,33). The molecule has 2 aliphatic heterocycles. The molecule has 2 aliphatic rings. The Labute approximate surface area is 471 Å². The Morgan fingerprint density at radius 2 is 0.909 bits per heavy atom. The number of nitrogens with one attached hydrogen (secondary N) is 4. The SMILES string of the molecule is CC(C)(C)c1ccc(CNC2CCN(S(=O)(=O)c3ccc(CNC(=O)c4ccc(Cl)cc4)s3)CC2)cc1.O=C(NCc1ccc(S(=O)(=O)N2CCC(NCc3ccc(Oc4ccccc4)cc3)CC2)s1)c1ccc(Cl)cc1. The van der Waals surface area contributed by atoms with E-state index in [1.165, 1.54) is 33.8 Å². The zero-order chi connectivity index (χ0) is 54.6. The van der Waals surface area contributed by atoms with Crippen molar-refractivity contribution in [3.05, 3.63) is 199 Å². The average molecular weight is 1160 g/mol. The Balaban J connectivity index is 0.000000204. The number of amides is 2. The lowest BCUT2D eigenvalue weighted by molar-refractivity contribution is 0.0943. The minimum atomic E-state index is -3.58. The summed E-state index contributed by atoms with van der Waals surface area (Å²) in [5.41, 5.74) is 4.84. The molecule has 2 fully saturated rings. The molecule has 2 aromatic heterocycles. The number of nitrogens with zero attached hydrogens (tertiary/aromatic N) is 2. The third kappa shape index (κ3) is 16.3. The third-order valence-corrected chi connectivity index (χ3v) is 20.7. The van der Waals surface area contributed by atoms with Gasteiger partial charge in [-0.2, -0.15) is 8.61 Å². The van der Waals surface area contributed by atoms with E-state index in [1.54, 1.807) is 81.4 Å². The monoisotopic (exact) mass is 1150 g/mol. The molecule has 2 amide bonds. The van der Waals surface area contributed by atoms with E-state index in [0.29, 0.717) is 62.3 Å². The normalized spacial score (nSPS) is 15.1. The highest BCUT2D eigenvalue weighted by molar-refractivity contribution is 7.91. The van der Waals surface area contributed by atoms with Crippen LogP contribution in [0, 0.1) is 0 Å². The number of halogens is 2. The van der Waals surface area contributed by atoms with Crippen LogP contribution in [0.3, 0.4) is 0 Å². The number of hydrogen-bond donors (Lipinski definition) is 4. The lowest BCUT2D eigenvalue weighted by atomic mass is 9.87. The Morgan fingerprint density at radius 3 is 1.31 bits per heavy atom. The summed E-state index contributed by atoms with van der Waals surface area (Å²) in [5, 5.41) is 13.9. The molecular weight excluding hydrogens is 1090 g/mol. The first-order chi connectivity index (χ1) is 36.9. The maximum atomic E-state index is 13.2. The van der Waals surface area contributed by atoms with Gasteiger partial charge in [-0.05, 0) is 145 Å². The molecule has 13 nitrogen and oxygen atoms in total. The van der Waals surface area contributed by atoms with Crippen molar-refractivity contribution < 1.29 is 31.2 Å². The topological polar surface area (TPSA) is 166 Å². The number of ether oxygens (including phenoxy) is 1. The summed E-state index contributed by atoms with van der Waals surface area (Å²) in [6.45, 7) is 10.5. The van der Waals surface area contributed by atoms with Crippen LogP contribution < -0.4 is 26.0 Å². The van der Waals surface area contributed by atoms with Crippen molar-refractivity contribution in [3.63, 3.8) is 0 Å². The predicted octanol–water partition coefficient (Wildman–Crippen LogP) is 11.6. The number of thiophene rings is 2. The second-order valence-electron chi connectivity index (χ2n) is 19.9. The quantitative estimate of drug-likeness (QED) is 0.0654. The van der Waals surface area contributed by atoms with Gasteiger partial charge in [0.2, 0.25) is 0 Å². The summed E-state index contributed by atoms with van der Waals surface area (Å²) in [6, 6.07) is 46.9. The Bertz CT molecular complexity index is 3260. The largest absolute Gasteiger partial charge is 0.457 e. The van der Waals surface area contributed by atoms with Crippen molar-refractivity contribution >= 4 is 77.7 Å². The fraction of sp³-hybridized carbons (Fsp3) is 0.310. The number of rotatable bonds is 18. The maximum Gasteiger partial charge on any atom is 0.252 e. The van der Waals surface area contributed by atoms with Crippen molar-refractivity contribution in [1.29, 1.82) is 0 Å². The first-order valence-electron chi connectivity index (χ1n) is 25.5. The smallest absolute Gasteiger partial charge is 0.252 e. The Morgan fingerprint density at radius 1 is 0.519 bits per heavy atom. The number of hydrogen-bond acceptors (Lipinski definition) is 11. The van der Waals surface area contributed by atoms with Gasteiger partial charge in [0.15, 0.2) is 0 Å². The van der Waals surface area contributed by atoms with Crippen LogP contribution in [0.25, 0.3) is 0 Å². The molecular formula is C58H64Cl2N6O7S4. The number of piperidine rings is 2. The van der Waals surface area contributed by atoms with Crippen LogP contribution >= 0.6 is 45.9 Å². The van der Waals surface area contributed by atoms with Gasteiger partial charge in [0, 0.05) is 82.3 Å². The third-order valence-electron chi connectivity index (χ3n) is 13.3. The van der Waals surface area contributed by atoms with Gasteiger partial charge >= 0.3 is 0 Å². The number of para-hydroxylation sites is 1. The fourth-order valence-corrected chi connectivity index (χ4v) is 14.8. The van der Waals surface area contributed by atoms with E-state index in [9.17, 15) is 26.4 Å². The Hall–Kier alpha value is -5.44. The lowest BCUT2D eigenvalue weighted by Gasteiger charge is -2.31. The van der Waals surface area contributed by atoms with Gasteiger partial charge in [-0.1, -0.05) is 98.6 Å². The van der Waals surface area contributed by atoms with Crippen molar-refractivity contribution in [3.8, 4) is 11.5 Å². The van der Waals surface area contributed by atoms with E-state index in [4.69, 9.17) is 27.9 Å². The van der Waals surface area contributed by atoms with Gasteiger partial charge in [0.05, 0.1) is 13.1 Å². The highest BCUT2D eigenvalue weighted by Crippen LogP contribution is 2.30. The molecule has 406 valence electrons. The van der Waals surface area contributed by atoms with E-state index in [-0.39, 0.29) is 42.4 Å². The molecule has 5 aromatic carbocycles. The molecule has 4 N–H and O–H groups in total. The van der Waals surface area contributed by atoms with Crippen molar-refractivity contribution in [2.75, 3.05) is 26.2 Å². The summed E-state index contributed by atoms with van der Waals surface area (Å²) in [6.07, 6.45) is 3.02. The molecule has 0 bridgehead atoms. The second kappa shape index (κ2) is 26.5. The molecule has 0 radical (unpaired) electrons. The summed E-state index contributed by atoms with van der Waals surface area (Å²) in [7, 11) is -7.12. The molecule has 0 spiro atoms. The zero-order valence-corrected chi connectivity index (χ0v) is 48.0. The Kier molecular flexibility index (Phi) is 19.8. The molecule has 0 unspecified atom stereocenters. The number of benzene rings is 5. The van der Waals surface area contributed by atoms with Gasteiger partial charge in [-0.25, -0.2) is 16.8 Å². The van der Waals surface area contributed by atoms with Gasteiger partial charge in [-0.3, -0.25) is 9.59 Å². The summed E-state index contributed by atoms with van der Waals surface area (Å²) < 4.78 is 62.5. The summed E-state index contributed by atoms with van der Waals surface area (Å²) in [4.78, 5) is 26.2. The van der Waals surface area contributed by atoms with Crippen molar-refractivity contribution in [1.82, 2.24) is 29.9 Å². The molecule has 9 rings (SSSR count). The molecule has 77 heavy (non-hydrogen) atoms. The van der Waals surface area contributed by atoms with E-state index in [0.717, 1.165) is 59.0 Å². The molecule has 19 heteroatoms. The van der Waals surface area contributed by atoms with E-state index < -0.39 is 20.0 Å². The molecule has 0 saturated carbocycles. The van der Waals surface area contributed by atoms with Crippen molar-refractivity contribution in [2.24, 2.45) is 0 Å². The number of carbonyl (C=O) groups excluding carboxylic acids is 2. The van der Waals surface area contributed by atoms with E-state index in [2.05, 4.69) is 66.3 Å². The molecule has 0 aliphatic carbocycles. The van der Waals surface area contributed by atoms with Crippen LogP contribution in [0.15, 0.2) is 160 Å². The highest BCUT2D eigenvalue weighted by Gasteiger charge is 2.32. The van der Waals surface area contributed by atoms with Crippen LogP contribution in [0.5, 0.6) is 11.5 Å². The van der Waals surface area contributed by atoms with Crippen molar-refractivity contribution in [2.45, 2.75) is 98.6 Å². The molecule has 7 aromatic rings. The van der Waals surface area contributed by atoms with E-state index in [1.807, 2.05) is 54.6 Å². The molecule has 0 atom stereocenters. The minimum Gasteiger partial charge on any atom is -0.457 e. The van der Waals surface area contributed by atoms with Crippen LogP contribution in [-0.2, 0) is 51.6 Å². The number of carbonyl (C=O) groups is 2. The first-order valence-corrected chi connectivity index (χ1v) is 30.8. The lowest BCUT2D eigenvalue weighted by Crippen LogP contribution is -2.44. The summed E-state index contributed by atoms with van der Waals surface area (Å²) in [5.74, 6) is 1.12. The van der Waals surface area contributed by atoms with E-state index >= 15 is 0 Å². The van der Waals surface area contributed by atoms with Gasteiger partial charge in [0.25, 0.3) is 31.9 Å². The first kappa shape index (κ1) is 57.7. The van der Waals surface area contributed by atoms with Gasteiger partial charge < -0.3 is 26.0 Å². The maximum absolute atomic E-state index is 13.2. The number of sulfonamides is 2. The fourth-order valence-electron chi connectivity index (χ4n) is 8.73. The zero-order valence-electron chi connectivity index (χ0n) is 43.2. The molecule has 2 saturated heterocycles. The predicted molar refractivity (Wildman–Crippen MR) is 309 cm³/mol. The van der Waals surface area contributed by atoms with Gasteiger partial charge in [0.1, 0.15) is 19.9 Å².